The van der Waals surface area contributed by atoms with E-state index in [1.807, 2.05) is 0 Å². The van der Waals surface area contributed by atoms with Crippen molar-refractivity contribution >= 4 is 27.8 Å². The van der Waals surface area contributed by atoms with E-state index in [-0.39, 0.29) is 0 Å². The van der Waals surface area contributed by atoms with Crippen molar-refractivity contribution in [1.29, 1.82) is 0 Å². The van der Waals surface area contributed by atoms with Gasteiger partial charge in [0, 0.05) is 18.7 Å². The molecule has 0 atom stereocenters. The van der Waals surface area contributed by atoms with Crippen LogP contribution in [-0.4, -0.2) is 24.3 Å². The van der Waals surface area contributed by atoms with E-state index in [4.69, 9.17) is 5.10 Å². The molecule has 2 heteroatoms. The molecule has 0 saturated carbocycles. The van der Waals surface area contributed by atoms with Crippen molar-refractivity contribution in [3.63, 3.8) is 0 Å². The highest BCUT2D eigenvalue weighted by Gasteiger charge is 2.08. The molecule has 3 aromatic carbocycles. The van der Waals surface area contributed by atoms with Crippen LogP contribution >= 0.6 is 0 Å². The number of nitrogens with zero attached hydrogens (tertiary/aromatic N) is 2. The Hall–Kier alpha value is -2.35. The normalized spacial score (nSPS) is 16.3. The second-order valence-corrected chi connectivity index (χ2v) is 6.34. The van der Waals surface area contributed by atoms with Crippen molar-refractivity contribution in [3.8, 4) is 0 Å². The Kier molecular flexibility index (Phi) is 3.97. The van der Waals surface area contributed by atoms with Gasteiger partial charge in [-0.1, -0.05) is 61.4 Å². The van der Waals surface area contributed by atoms with Gasteiger partial charge >= 0.3 is 0 Å². The van der Waals surface area contributed by atoms with Crippen molar-refractivity contribution in [1.82, 2.24) is 5.01 Å². The lowest BCUT2D eigenvalue weighted by Gasteiger charge is -2.16. The molecule has 3 aromatic rings. The summed E-state index contributed by atoms with van der Waals surface area (Å²) in [4.78, 5) is 0. The van der Waals surface area contributed by atoms with Gasteiger partial charge in [-0.15, -0.1) is 0 Å². The fourth-order valence-corrected chi connectivity index (χ4v) is 3.50. The van der Waals surface area contributed by atoms with Crippen LogP contribution in [0.15, 0.2) is 59.7 Å². The maximum Gasteiger partial charge on any atom is 0.0555 e. The number of hydrazone groups is 1. The van der Waals surface area contributed by atoms with Crippen LogP contribution in [0.2, 0.25) is 0 Å². The summed E-state index contributed by atoms with van der Waals surface area (Å²) in [6.07, 6.45) is 7.27. The summed E-state index contributed by atoms with van der Waals surface area (Å²) in [5.41, 5.74) is 1.24. The largest absolute Gasteiger partial charge is 0.297 e. The predicted octanol–water partition coefficient (Wildman–Crippen LogP) is 5.20. The van der Waals surface area contributed by atoms with Crippen molar-refractivity contribution < 1.29 is 0 Å². The minimum Gasteiger partial charge on any atom is -0.297 e. The third kappa shape index (κ3) is 2.94. The number of hydrogen-bond acceptors (Lipinski definition) is 2. The number of benzene rings is 3. The Labute approximate surface area is 137 Å². The van der Waals surface area contributed by atoms with Crippen LogP contribution in [0.5, 0.6) is 0 Å². The average Bonchev–Trinajstić information content (AvgIpc) is 2.87. The Balaban J connectivity index is 1.82. The molecule has 4 rings (SSSR count). The van der Waals surface area contributed by atoms with Crippen LogP contribution in [0.1, 0.15) is 31.2 Å². The zero-order chi connectivity index (χ0) is 15.5. The second-order valence-electron chi connectivity index (χ2n) is 6.34. The molecule has 0 N–H and O–H groups in total. The van der Waals surface area contributed by atoms with Crippen LogP contribution in [0, 0.1) is 0 Å². The van der Waals surface area contributed by atoms with Gasteiger partial charge < -0.3 is 0 Å². The first kappa shape index (κ1) is 14.3. The number of fused-ring (bicyclic) bond motifs is 2. The molecule has 2 nitrogen and oxygen atoms in total. The van der Waals surface area contributed by atoms with E-state index < -0.39 is 0 Å². The van der Waals surface area contributed by atoms with Gasteiger partial charge in [-0.25, -0.2) is 0 Å². The summed E-state index contributed by atoms with van der Waals surface area (Å²) in [6.45, 7) is 2.17. The van der Waals surface area contributed by atoms with Gasteiger partial charge in [0.2, 0.25) is 0 Å². The first-order chi connectivity index (χ1) is 11.4. The van der Waals surface area contributed by atoms with E-state index in [1.165, 1.54) is 52.8 Å². The molecular formula is C21H22N2. The molecule has 0 spiro atoms. The highest BCUT2D eigenvalue weighted by Crippen LogP contribution is 2.27. The first-order valence-corrected chi connectivity index (χ1v) is 8.61. The summed E-state index contributed by atoms with van der Waals surface area (Å²) in [7, 11) is 0. The molecule has 0 aliphatic carbocycles. The summed E-state index contributed by atoms with van der Waals surface area (Å²) >= 11 is 0. The molecule has 1 aliphatic rings. The summed E-state index contributed by atoms with van der Waals surface area (Å²) in [5, 5.41) is 12.2. The fraction of sp³-hybridized carbons (Fsp3) is 0.286. The van der Waals surface area contributed by atoms with Gasteiger partial charge in [0.15, 0.2) is 0 Å². The van der Waals surface area contributed by atoms with Crippen molar-refractivity contribution in [3.05, 3.63) is 60.2 Å². The standard InChI is InChI=1S/C21H22N2/c1-2-8-14-23(13-7-1)22-16-21-19-11-5-3-9-17(19)15-18-10-4-6-12-20(18)21/h3-6,9-12,15-16H,1-2,7-8,13-14H2/b22-16+. The molecule has 0 aromatic heterocycles. The van der Waals surface area contributed by atoms with E-state index in [9.17, 15) is 0 Å². The van der Waals surface area contributed by atoms with Gasteiger partial charge in [0.05, 0.1) is 6.21 Å². The zero-order valence-electron chi connectivity index (χ0n) is 13.4. The topological polar surface area (TPSA) is 15.6 Å². The van der Waals surface area contributed by atoms with E-state index in [0.717, 1.165) is 13.1 Å². The molecule has 1 saturated heterocycles. The van der Waals surface area contributed by atoms with Crippen molar-refractivity contribution in [2.24, 2.45) is 5.10 Å². The highest BCUT2D eigenvalue weighted by atomic mass is 15.4. The first-order valence-electron chi connectivity index (χ1n) is 8.61. The highest BCUT2D eigenvalue weighted by molar-refractivity contribution is 6.13. The predicted molar refractivity (Wildman–Crippen MR) is 99.1 cm³/mol. The van der Waals surface area contributed by atoms with Gasteiger partial charge in [-0.05, 0) is 40.5 Å². The summed E-state index contributed by atoms with van der Waals surface area (Å²) in [6, 6.07) is 19.5. The lowest BCUT2D eigenvalue weighted by Crippen LogP contribution is -2.18. The van der Waals surface area contributed by atoms with Crippen LogP contribution in [0.25, 0.3) is 21.5 Å². The van der Waals surface area contributed by atoms with Crippen molar-refractivity contribution in [2.45, 2.75) is 25.7 Å². The quantitative estimate of drug-likeness (QED) is 0.469. The number of rotatable bonds is 2. The van der Waals surface area contributed by atoms with E-state index in [1.54, 1.807) is 0 Å². The maximum absolute atomic E-state index is 4.82. The minimum absolute atomic E-state index is 1.08. The van der Waals surface area contributed by atoms with Gasteiger partial charge in [0.25, 0.3) is 0 Å². The Bertz CT molecular complexity index is 789. The Morgan fingerprint density at radius 3 is 1.91 bits per heavy atom. The van der Waals surface area contributed by atoms with Gasteiger partial charge in [-0.3, -0.25) is 5.01 Å². The molecular weight excluding hydrogens is 280 g/mol. The summed E-state index contributed by atoms with van der Waals surface area (Å²) < 4.78 is 0. The zero-order valence-corrected chi connectivity index (χ0v) is 13.4. The van der Waals surface area contributed by atoms with Crippen LogP contribution in [-0.2, 0) is 0 Å². The second kappa shape index (κ2) is 6.41. The maximum atomic E-state index is 4.82. The van der Waals surface area contributed by atoms with E-state index in [0.29, 0.717) is 0 Å². The fourth-order valence-electron chi connectivity index (χ4n) is 3.50. The summed E-state index contributed by atoms with van der Waals surface area (Å²) in [5.74, 6) is 0. The monoisotopic (exact) mass is 302 g/mol. The molecule has 0 radical (unpaired) electrons. The SMILES string of the molecule is C(=N\N1CCCCCC1)/c1c2ccccc2cc2ccccc12. The average molecular weight is 302 g/mol. The Morgan fingerprint density at radius 2 is 1.30 bits per heavy atom. The van der Waals surface area contributed by atoms with Crippen LogP contribution in [0.4, 0.5) is 0 Å². The van der Waals surface area contributed by atoms with E-state index >= 15 is 0 Å². The van der Waals surface area contributed by atoms with Crippen molar-refractivity contribution in [2.75, 3.05) is 13.1 Å². The molecule has 0 amide bonds. The molecule has 0 unspecified atom stereocenters. The van der Waals surface area contributed by atoms with Crippen LogP contribution < -0.4 is 0 Å². The molecule has 23 heavy (non-hydrogen) atoms. The number of hydrogen-bond donors (Lipinski definition) is 0. The van der Waals surface area contributed by atoms with Gasteiger partial charge in [-0.2, -0.15) is 5.10 Å². The third-order valence-corrected chi connectivity index (χ3v) is 4.75. The smallest absolute Gasteiger partial charge is 0.0555 e. The lowest BCUT2D eigenvalue weighted by atomic mass is 9.97. The lowest BCUT2D eigenvalue weighted by molar-refractivity contribution is 0.302. The minimum atomic E-state index is 1.08. The molecule has 1 heterocycles. The third-order valence-electron chi connectivity index (χ3n) is 4.75. The molecule has 0 bridgehead atoms. The Morgan fingerprint density at radius 1 is 0.739 bits per heavy atom. The molecule has 1 fully saturated rings. The molecule has 1 aliphatic heterocycles. The van der Waals surface area contributed by atoms with Crippen LogP contribution in [0.3, 0.4) is 0 Å². The van der Waals surface area contributed by atoms with Gasteiger partial charge in [0.1, 0.15) is 0 Å². The molecule has 116 valence electrons. The van der Waals surface area contributed by atoms with E-state index in [2.05, 4.69) is 65.8 Å².